The molecule has 0 aromatic carbocycles. The molecule has 0 radical (unpaired) electrons. The fourth-order valence-corrected chi connectivity index (χ4v) is 3.35. The molecule has 0 spiro atoms. The molecule has 1 heteroatoms. The number of hydrogen-bond donors (Lipinski definition) is 0. The van der Waals surface area contributed by atoms with Crippen molar-refractivity contribution in [3.63, 3.8) is 0 Å². The van der Waals surface area contributed by atoms with Crippen molar-refractivity contribution >= 4 is 0 Å². The monoisotopic (exact) mass is 197 g/mol. The SMILES string of the molecule is C1CC[I-]CC1. The van der Waals surface area contributed by atoms with Crippen molar-refractivity contribution in [3.05, 3.63) is 0 Å². The van der Waals surface area contributed by atoms with E-state index >= 15 is 0 Å². The van der Waals surface area contributed by atoms with E-state index in [1.54, 1.807) is 21.7 Å². The van der Waals surface area contributed by atoms with Crippen molar-refractivity contribution in [1.29, 1.82) is 0 Å². The van der Waals surface area contributed by atoms with Crippen molar-refractivity contribution in [2.75, 3.05) is 8.86 Å². The van der Waals surface area contributed by atoms with Gasteiger partial charge >= 0.3 is 49.3 Å². The first-order valence-electron chi connectivity index (χ1n) is 2.53. The first kappa shape index (κ1) is 4.88. The zero-order chi connectivity index (χ0) is 4.24. The van der Waals surface area contributed by atoms with Crippen molar-refractivity contribution in [2.45, 2.75) is 19.3 Å². The maximum atomic E-state index is 1.61. The summed E-state index contributed by atoms with van der Waals surface area (Å²) < 4.78 is 3.22. The van der Waals surface area contributed by atoms with Gasteiger partial charge in [0.15, 0.2) is 0 Å². The third-order valence-electron chi connectivity index (χ3n) is 1.03. The normalized spacial score (nSPS) is 25.3. The molecule has 0 aromatic heterocycles. The summed E-state index contributed by atoms with van der Waals surface area (Å²) in [6.07, 6.45) is 4.63. The Morgan fingerprint density at radius 1 is 0.833 bits per heavy atom. The molecule has 1 fully saturated rings. The van der Waals surface area contributed by atoms with Gasteiger partial charge in [0.2, 0.25) is 0 Å². The summed E-state index contributed by atoms with van der Waals surface area (Å²) in [6, 6.07) is 0. The summed E-state index contributed by atoms with van der Waals surface area (Å²) in [6.45, 7) is 0. The van der Waals surface area contributed by atoms with Gasteiger partial charge in [0.1, 0.15) is 0 Å². The minimum absolute atomic E-state index is 0.715. The molecule has 1 saturated heterocycles. The molecule has 38 valence electrons. The van der Waals surface area contributed by atoms with E-state index in [0.29, 0.717) is 21.2 Å². The molecule has 0 unspecified atom stereocenters. The Morgan fingerprint density at radius 2 is 1.50 bits per heavy atom. The molecule has 0 bridgehead atoms. The van der Waals surface area contributed by atoms with Crippen LogP contribution in [0.3, 0.4) is 0 Å². The second-order valence-electron chi connectivity index (χ2n) is 1.63. The molecule has 0 nitrogen and oxygen atoms in total. The molecule has 1 heterocycles. The van der Waals surface area contributed by atoms with Gasteiger partial charge in [-0.05, 0) is 0 Å². The maximum absolute atomic E-state index is 1.61. The van der Waals surface area contributed by atoms with Crippen LogP contribution in [-0.4, -0.2) is 8.86 Å². The first-order chi connectivity index (χ1) is 3.00. The van der Waals surface area contributed by atoms with Gasteiger partial charge in [0.25, 0.3) is 0 Å². The zero-order valence-electron chi connectivity index (χ0n) is 3.91. The van der Waals surface area contributed by atoms with E-state index in [1.807, 2.05) is 0 Å². The summed E-state index contributed by atoms with van der Waals surface area (Å²) in [5.41, 5.74) is 0. The van der Waals surface area contributed by atoms with Gasteiger partial charge in [0.05, 0.1) is 0 Å². The fraction of sp³-hybridized carbons (Fsp3) is 1.00. The first-order valence-corrected chi connectivity index (χ1v) is 5.59. The van der Waals surface area contributed by atoms with Crippen LogP contribution in [0.25, 0.3) is 0 Å². The van der Waals surface area contributed by atoms with Crippen LogP contribution in [-0.2, 0) is 0 Å². The van der Waals surface area contributed by atoms with E-state index < -0.39 is 0 Å². The molecule has 0 N–H and O–H groups in total. The van der Waals surface area contributed by atoms with E-state index in [0.717, 1.165) is 0 Å². The van der Waals surface area contributed by atoms with Gasteiger partial charge < -0.3 is 0 Å². The number of hydrogen-bond acceptors (Lipinski definition) is 0. The minimum atomic E-state index is 0.715. The topological polar surface area (TPSA) is 0 Å². The van der Waals surface area contributed by atoms with Crippen LogP contribution >= 0.6 is 0 Å². The van der Waals surface area contributed by atoms with Gasteiger partial charge in [-0.25, -0.2) is 0 Å². The van der Waals surface area contributed by atoms with Crippen molar-refractivity contribution in [1.82, 2.24) is 0 Å². The Labute approximate surface area is 49.6 Å². The van der Waals surface area contributed by atoms with Crippen LogP contribution in [0, 0.1) is 0 Å². The second-order valence-corrected chi connectivity index (χ2v) is 4.86. The Morgan fingerprint density at radius 3 is 1.67 bits per heavy atom. The summed E-state index contributed by atoms with van der Waals surface area (Å²) in [5, 5.41) is 0. The summed E-state index contributed by atoms with van der Waals surface area (Å²) in [5.74, 6) is 0. The number of rotatable bonds is 0. The molecule has 1 rings (SSSR count). The van der Waals surface area contributed by atoms with E-state index in [-0.39, 0.29) is 0 Å². The molecule has 0 saturated carbocycles. The van der Waals surface area contributed by atoms with Crippen LogP contribution in [0.5, 0.6) is 0 Å². The van der Waals surface area contributed by atoms with Gasteiger partial charge in [-0.1, -0.05) is 0 Å². The predicted molar refractivity (Wildman–Crippen MR) is 23.6 cm³/mol. The third-order valence-corrected chi connectivity index (χ3v) is 4.09. The Balaban J connectivity index is 2.00. The molecule has 0 aromatic rings. The number of alkyl halides is 2. The van der Waals surface area contributed by atoms with Crippen molar-refractivity contribution in [2.24, 2.45) is 0 Å². The van der Waals surface area contributed by atoms with Crippen LogP contribution in [0.4, 0.5) is 0 Å². The van der Waals surface area contributed by atoms with Gasteiger partial charge in [-0.2, -0.15) is 0 Å². The van der Waals surface area contributed by atoms with Crippen LogP contribution in [0.15, 0.2) is 0 Å². The standard InChI is InChI=1S/C5H10I/c1-2-4-6-5-3-1/h1-5H2/q-1. The molecular formula is C5H10I-. The van der Waals surface area contributed by atoms with Crippen LogP contribution in [0.1, 0.15) is 19.3 Å². The molecule has 0 atom stereocenters. The molecule has 0 aliphatic carbocycles. The molecule has 6 heavy (non-hydrogen) atoms. The quantitative estimate of drug-likeness (QED) is 0.319. The molecule has 1 aliphatic heterocycles. The molecular weight excluding hydrogens is 187 g/mol. The molecule has 1 aliphatic rings. The van der Waals surface area contributed by atoms with Gasteiger partial charge in [-0.3, -0.25) is 0 Å². The summed E-state index contributed by atoms with van der Waals surface area (Å²) in [4.78, 5) is 0. The van der Waals surface area contributed by atoms with E-state index in [1.165, 1.54) is 6.42 Å². The van der Waals surface area contributed by atoms with Crippen LogP contribution in [0.2, 0.25) is 0 Å². The third kappa shape index (κ3) is 1.45. The van der Waals surface area contributed by atoms with E-state index in [4.69, 9.17) is 0 Å². The van der Waals surface area contributed by atoms with Crippen LogP contribution < -0.4 is 21.2 Å². The Kier molecular flexibility index (Phi) is 2.30. The summed E-state index contributed by atoms with van der Waals surface area (Å²) in [7, 11) is 0. The molecule has 0 amide bonds. The van der Waals surface area contributed by atoms with Crippen molar-refractivity contribution < 1.29 is 21.2 Å². The zero-order valence-corrected chi connectivity index (χ0v) is 6.07. The van der Waals surface area contributed by atoms with Gasteiger partial charge in [-0.15, -0.1) is 0 Å². The fourth-order valence-electron chi connectivity index (χ4n) is 0.649. The Bertz CT molecular complexity index is 19.4. The summed E-state index contributed by atoms with van der Waals surface area (Å²) >= 11 is 0.715. The average molecular weight is 197 g/mol. The number of halogens is 1. The average Bonchev–Trinajstić information content (AvgIpc) is 1.72. The van der Waals surface area contributed by atoms with E-state index in [9.17, 15) is 0 Å². The van der Waals surface area contributed by atoms with E-state index in [2.05, 4.69) is 0 Å². The van der Waals surface area contributed by atoms with Crippen molar-refractivity contribution in [3.8, 4) is 0 Å². The van der Waals surface area contributed by atoms with Gasteiger partial charge in [0, 0.05) is 0 Å². The predicted octanol–water partition coefficient (Wildman–Crippen LogP) is -1.74. The Hall–Kier alpha value is 0.730. The second kappa shape index (κ2) is 2.83.